The normalized spacial score (nSPS) is 11.0. The molecule has 1 aromatic rings. The topological polar surface area (TPSA) is 75.6 Å². The Morgan fingerprint density at radius 1 is 1.24 bits per heavy atom. The van der Waals surface area contributed by atoms with Crippen LogP contribution in [0.4, 0.5) is 0 Å². The average molecular weight is 293 g/mol. The van der Waals surface area contributed by atoms with Gasteiger partial charge in [0.2, 0.25) is 0 Å². The number of aliphatic carboxylic acids is 1. The molecule has 21 heavy (non-hydrogen) atoms. The molecule has 1 aromatic carbocycles. The van der Waals surface area contributed by atoms with Crippen molar-refractivity contribution in [1.82, 2.24) is 5.32 Å². The number of benzene rings is 1. The minimum atomic E-state index is -0.872. The molecular formula is C16H23NO4. The third kappa shape index (κ3) is 6.29. The standard InChI is InChI=1S/C16H23NO4/c1-11-5-6-13(9-12(11)2)21-10-14(18)17-16(3,4)8-7-15(19)20/h5-6,9H,7-8,10H2,1-4H3,(H,17,18)(H,19,20). The lowest BCUT2D eigenvalue weighted by Gasteiger charge is -2.25. The van der Waals surface area contributed by atoms with Gasteiger partial charge in [-0.2, -0.15) is 0 Å². The van der Waals surface area contributed by atoms with E-state index in [4.69, 9.17) is 9.84 Å². The Kier molecular flexibility index (Phi) is 5.76. The SMILES string of the molecule is Cc1ccc(OCC(=O)NC(C)(C)CCC(=O)O)cc1C. The first-order chi connectivity index (χ1) is 9.69. The van der Waals surface area contributed by atoms with E-state index in [2.05, 4.69) is 5.32 Å². The predicted octanol–water partition coefficient (Wildman–Crippen LogP) is 2.44. The van der Waals surface area contributed by atoms with Crippen molar-refractivity contribution in [2.75, 3.05) is 6.61 Å². The van der Waals surface area contributed by atoms with Gasteiger partial charge in [0.05, 0.1) is 0 Å². The second-order valence-corrected chi connectivity index (χ2v) is 5.86. The van der Waals surface area contributed by atoms with Gasteiger partial charge in [-0.25, -0.2) is 0 Å². The van der Waals surface area contributed by atoms with E-state index in [-0.39, 0.29) is 18.9 Å². The lowest BCUT2D eigenvalue weighted by molar-refractivity contribution is -0.138. The highest BCUT2D eigenvalue weighted by Crippen LogP contribution is 2.16. The van der Waals surface area contributed by atoms with Gasteiger partial charge in [0, 0.05) is 12.0 Å². The van der Waals surface area contributed by atoms with Crippen molar-refractivity contribution < 1.29 is 19.4 Å². The minimum absolute atomic E-state index is 0.0191. The summed E-state index contributed by atoms with van der Waals surface area (Å²) in [5.41, 5.74) is 1.71. The summed E-state index contributed by atoms with van der Waals surface area (Å²) in [5.74, 6) is -0.482. The lowest BCUT2D eigenvalue weighted by Crippen LogP contribution is -2.45. The fraction of sp³-hybridized carbons (Fsp3) is 0.500. The highest BCUT2D eigenvalue weighted by Gasteiger charge is 2.21. The van der Waals surface area contributed by atoms with Crippen molar-refractivity contribution in [1.29, 1.82) is 0 Å². The Morgan fingerprint density at radius 3 is 2.48 bits per heavy atom. The van der Waals surface area contributed by atoms with Crippen molar-refractivity contribution in [3.05, 3.63) is 29.3 Å². The molecule has 0 spiro atoms. The molecule has 1 rings (SSSR count). The Balaban J connectivity index is 2.46. The van der Waals surface area contributed by atoms with Gasteiger partial charge in [0.1, 0.15) is 5.75 Å². The summed E-state index contributed by atoms with van der Waals surface area (Å²) in [5, 5.41) is 11.5. The van der Waals surface area contributed by atoms with E-state index < -0.39 is 11.5 Å². The highest BCUT2D eigenvalue weighted by atomic mass is 16.5. The van der Waals surface area contributed by atoms with Crippen LogP contribution in [0.2, 0.25) is 0 Å². The molecule has 0 aliphatic carbocycles. The molecule has 0 atom stereocenters. The van der Waals surface area contributed by atoms with Crippen molar-refractivity contribution in [3.8, 4) is 5.75 Å². The van der Waals surface area contributed by atoms with Crippen LogP contribution >= 0.6 is 0 Å². The molecule has 2 N–H and O–H groups in total. The number of nitrogens with one attached hydrogen (secondary N) is 1. The third-order valence-corrected chi connectivity index (χ3v) is 3.29. The number of hydrogen-bond acceptors (Lipinski definition) is 3. The maximum Gasteiger partial charge on any atom is 0.303 e. The molecule has 0 heterocycles. The summed E-state index contributed by atoms with van der Waals surface area (Å²) < 4.78 is 5.45. The Hall–Kier alpha value is -2.04. The first-order valence-corrected chi connectivity index (χ1v) is 6.92. The monoisotopic (exact) mass is 293 g/mol. The van der Waals surface area contributed by atoms with Crippen LogP contribution in [0.3, 0.4) is 0 Å². The molecule has 0 radical (unpaired) electrons. The second kappa shape index (κ2) is 7.11. The third-order valence-electron chi connectivity index (χ3n) is 3.29. The van der Waals surface area contributed by atoms with Gasteiger partial charge in [0.15, 0.2) is 6.61 Å². The zero-order chi connectivity index (χ0) is 16.0. The van der Waals surface area contributed by atoms with Crippen LogP contribution in [0.25, 0.3) is 0 Å². The van der Waals surface area contributed by atoms with E-state index in [1.54, 1.807) is 13.8 Å². The summed E-state index contributed by atoms with van der Waals surface area (Å²) in [6, 6.07) is 5.66. The Morgan fingerprint density at radius 2 is 1.90 bits per heavy atom. The minimum Gasteiger partial charge on any atom is -0.484 e. The quantitative estimate of drug-likeness (QED) is 0.809. The van der Waals surface area contributed by atoms with Gasteiger partial charge in [-0.1, -0.05) is 6.07 Å². The van der Waals surface area contributed by atoms with Gasteiger partial charge in [-0.05, 0) is 57.4 Å². The van der Waals surface area contributed by atoms with Gasteiger partial charge in [0.25, 0.3) is 5.91 Å². The molecule has 0 bridgehead atoms. The molecule has 0 aliphatic rings. The fourth-order valence-corrected chi connectivity index (χ4v) is 1.85. The molecule has 116 valence electrons. The smallest absolute Gasteiger partial charge is 0.303 e. The van der Waals surface area contributed by atoms with Crippen LogP contribution in [0.15, 0.2) is 18.2 Å². The molecule has 5 heteroatoms. The second-order valence-electron chi connectivity index (χ2n) is 5.86. The van der Waals surface area contributed by atoms with Crippen molar-refractivity contribution in [3.63, 3.8) is 0 Å². The number of carbonyl (C=O) groups is 2. The zero-order valence-corrected chi connectivity index (χ0v) is 13.0. The largest absolute Gasteiger partial charge is 0.484 e. The number of amides is 1. The van der Waals surface area contributed by atoms with Crippen LogP contribution in [0, 0.1) is 13.8 Å². The maximum absolute atomic E-state index is 11.8. The van der Waals surface area contributed by atoms with Crippen LogP contribution in [0.1, 0.15) is 37.8 Å². The highest BCUT2D eigenvalue weighted by molar-refractivity contribution is 5.78. The fourth-order valence-electron chi connectivity index (χ4n) is 1.85. The molecule has 0 saturated carbocycles. The predicted molar refractivity (Wildman–Crippen MR) is 80.5 cm³/mol. The molecule has 0 saturated heterocycles. The van der Waals surface area contributed by atoms with Crippen molar-refractivity contribution >= 4 is 11.9 Å². The van der Waals surface area contributed by atoms with Crippen molar-refractivity contribution in [2.24, 2.45) is 0 Å². The van der Waals surface area contributed by atoms with E-state index in [1.807, 2.05) is 32.0 Å². The van der Waals surface area contributed by atoms with Crippen LogP contribution < -0.4 is 10.1 Å². The van der Waals surface area contributed by atoms with Gasteiger partial charge in [-0.15, -0.1) is 0 Å². The van der Waals surface area contributed by atoms with Crippen LogP contribution in [-0.4, -0.2) is 29.1 Å². The number of aryl methyl sites for hydroxylation is 2. The van der Waals surface area contributed by atoms with E-state index in [1.165, 1.54) is 5.56 Å². The number of carboxylic acid groups (broad SMARTS) is 1. The van der Waals surface area contributed by atoms with Gasteiger partial charge < -0.3 is 15.2 Å². The van der Waals surface area contributed by atoms with Crippen molar-refractivity contribution in [2.45, 2.75) is 46.1 Å². The summed E-state index contributed by atoms with van der Waals surface area (Å²) in [6.45, 7) is 7.50. The summed E-state index contributed by atoms with van der Waals surface area (Å²) in [6.07, 6.45) is 0.392. The molecule has 5 nitrogen and oxygen atoms in total. The van der Waals surface area contributed by atoms with E-state index in [9.17, 15) is 9.59 Å². The maximum atomic E-state index is 11.8. The summed E-state index contributed by atoms with van der Waals surface area (Å²) in [4.78, 5) is 22.4. The molecular weight excluding hydrogens is 270 g/mol. The first-order valence-electron chi connectivity index (χ1n) is 6.92. The summed E-state index contributed by atoms with van der Waals surface area (Å²) >= 11 is 0. The first kappa shape index (κ1) is 17.0. The number of ether oxygens (including phenoxy) is 1. The molecule has 0 aromatic heterocycles. The summed E-state index contributed by atoms with van der Waals surface area (Å²) in [7, 11) is 0. The van der Waals surface area contributed by atoms with Gasteiger partial charge in [-0.3, -0.25) is 9.59 Å². The average Bonchev–Trinajstić information content (AvgIpc) is 2.37. The molecule has 0 aliphatic heterocycles. The molecule has 0 fully saturated rings. The van der Waals surface area contributed by atoms with E-state index in [0.29, 0.717) is 12.2 Å². The van der Waals surface area contributed by atoms with Crippen LogP contribution in [0.5, 0.6) is 5.75 Å². The van der Waals surface area contributed by atoms with Crippen LogP contribution in [-0.2, 0) is 9.59 Å². The zero-order valence-electron chi connectivity index (χ0n) is 13.0. The van der Waals surface area contributed by atoms with E-state index >= 15 is 0 Å². The van der Waals surface area contributed by atoms with Gasteiger partial charge >= 0.3 is 5.97 Å². The van der Waals surface area contributed by atoms with E-state index in [0.717, 1.165) is 5.56 Å². The number of rotatable bonds is 7. The Bertz CT molecular complexity index is 523. The number of carboxylic acids is 1. The number of carbonyl (C=O) groups excluding carboxylic acids is 1. The Labute approximate surface area is 125 Å². The number of hydrogen-bond donors (Lipinski definition) is 2. The lowest BCUT2D eigenvalue weighted by atomic mass is 9.98. The molecule has 0 unspecified atom stereocenters. The molecule has 1 amide bonds.